The van der Waals surface area contributed by atoms with Crippen LogP contribution < -0.4 is 10.6 Å². The summed E-state index contributed by atoms with van der Waals surface area (Å²) in [6.07, 6.45) is 0.888. The van der Waals surface area contributed by atoms with Gasteiger partial charge in [0.2, 0.25) is 5.91 Å². The predicted molar refractivity (Wildman–Crippen MR) is 89.2 cm³/mol. The molecule has 2 unspecified atom stereocenters. The summed E-state index contributed by atoms with van der Waals surface area (Å²) in [7, 11) is 0. The lowest BCUT2D eigenvalue weighted by molar-refractivity contribution is -0.124. The molecule has 2 atom stereocenters. The number of rotatable bonds is 2. The van der Waals surface area contributed by atoms with Gasteiger partial charge in [0, 0.05) is 12.1 Å². The molecule has 114 valence electrons. The summed E-state index contributed by atoms with van der Waals surface area (Å²) < 4.78 is 0. The Kier molecular flexibility index (Phi) is 7.34. The number of hydrogen-bond donors (Lipinski definition) is 2. The molecule has 0 aliphatic carbocycles. The van der Waals surface area contributed by atoms with Gasteiger partial charge in [0.05, 0.1) is 22.0 Å². The van der Waals surface area contributed by atoms with Gasteiger partial charge in [-0.25, -0.2) is 0 Å². The molecule has 0 aromatic heterocycles. The monoisotopic (exact) mass is 346 g/mol. The van der Waals surface area contributed by atoms with Gasteiger partial charge in [0.25, 0.3) is 0 Å². The van der Waals surface area contributed by atoms with Crippen molar-refractivity contribution in [3.8, 4) is 11.8 Å². The van der Waals surface area contributed by atoms with Crippen molar-refractivity contribution in [3.63, 3.8) is 0 Å². The number of carbonyl (C=O) groups excluding carboxylic acids is 1. The third-order valence-electron chi connectivity index (χ3n) is 3.14. The highest BCUT2D eigenvalue weighted by atomic mass is 35.5. The maximum absolute atomic E-state index is 11.9. The third-order valence-corrected chi connectivity index (χ3v) is 3.88. The predicted octanol–water partition coefficient (Wildman–Crippen LogP) is 2.88. The van der Waals surface area contributed by atoms with Crippen LogP contribution in [0.3, 0.4) is 0 Å². The molecule has 21 heavy (non-hydrogen) atoms. The van der Waals surface area contributed by atoms with E-state index in [1.165, 1.54) is 0 Å². The van der Waals surface area contributed by atoms with Crippen LogP contribution >= 0.6 is 35.6 Å². The lowest BCUT2D eigenvalue weighted by atomic mass is 10.1. The summed E-state index contributed by atoms with van der Waals surface area (Å²) in [5.74, 6) is 6.10. The van der Waals surface area contributed by atoms with E-state index in [-0.39, 0.29) is 30.3 Å². The summed E-state index contributed by atoms with van der Waals surface area (Å²) in [6.45, 7) is 3.52. The van der Waals surface area contributed by atoms with E-state index in [9.17, 15) is 4.79 Å². The largest absolute Gasteiger partial charge is 0.342 e. The second kappa shape index (κ2) is 8.51. The van der Waals surface area contributed by atoms with Crippen molar-refractivity contribution in [1.29, 1.82) is 0 Å². The van der Waals surface area contributed by atoms with Gasteiger partial charge < -0.3 is 10.6 Å². The summed E-state index contributed by atoms with van der Waals surface area (Å²) >= 11 is 11.8. The molecule has 1 heterocycles. The maximum atomic E-state index is 11.9. The van der Waals surface area contributed by atoms with Crippen LogP contribution in [0.2, 0.25) is 10.0 Å². The molecule has 0 saturated carbocycles. The van der Waals surface area contributed by atoms with Crippen LogP contribution in [0.15, 0.2) is 18.2 Å². The molecule has 1 amide bonds. The second-order valence-corrected chi connectivity index (χ2v) is 5.63. The standard InChI is InChI=1S/C15H16Cl2N2O.ClH/c1-10(19-15(20)12-6-7-18-9-12)2-3-11-4-5-13(16)14(17)8-11;/h4-5,8,10,12,18H,6-7,9H2,1H3,(H,19,20);1H. The fraction of sp³-hybridized carbons (Fsp3) is 0.400. The molecule has 2 rings (SSSR count). The minimum absolute atomic E-state index is 0. The first-order valence-corrected chi connectivity index (χ1v) is 7.29. The highest BCUT2D eigenvalue weighted by molar-refractivity contribution is 6.42. The second-order valence-electron chi connectivity index (χ2n) is 4.82. The molecule has 3 nitrogen and oxygen atoms in total. The van der Waals surface area contributed by atoms with Crippen molar-refractivity contribution in [3.05, 3.63) is 33.8 Å². The molecule has 0 spiro atoms. The van der Waals surface area contributed by atoms with Crippen LogP contribution in [0.1, 0.15) is 18.9 Å². The average Bonchev–Trinajstić information content (AvgIpc) is 2.94. The molecule has 0 bridgehead atoms. The van der Waals surface area contributed by atoms with Crippen molar-refractivity contribution in [2.45, 2.75) is 19.4 Å². The molecule has 0 radical (unpaired) electrons. The van der Waals surface area contributed by atoms with Gasteiger partial charge in [-0.15, -0.1) is 12.4 Å². The molecule has 1 saturated heterocycles. The van der Waals surface area contributed by atoms with E-state index in [0.29, 0.717) is 10.0 Å². The van der Waals surface area contributed by atoms with E-state index < -0.39 is 0 Å². The van der Waals surface area contributed by atoms with Gasteiger partial charge >= 0.3 is 0 Å². The van der Waals surface area contributed by atoms with Gasteiger partial charge in [-0.3, -0.25) is 4.79 Å². The van der Waals surface area contributed by atoms with Gasteiger partial charge in [0.15, 0.2) is 0 Å². The van der Waals surface area contributed by atoms with Gasteiger partial charge in [-0.2, -0.15) is 0 Å². The Balaban J connectivity index is 0.00000220. The third kappa shape index (κ3) is 5.41. The minimum atomic E-state index is -0.197. The van der Waals surface area contributed by atoms with Gasteiger partial charge in [0.1, 0.15) is 0 Å². The Hall–Kier alpha value is -0.920. The molecule has 1 aromatic rings. The van der Waals surface area contributed by atoms with E-state index in [1.807, 2.05) is 6.92 Å². The van der Waals surface area contributed by atoms with Crippen molar-refractivity contribution >= 4 is 41.5 Å². The molecule has 1 aliphatic rings. The Morgan fingerprint density at radius 2 is 2.19 bits per heavy atom. The lowest BCUT2D eigenvalue weighted by Crippen LogP contribution is -2.37. The lowest BCUT2D eigenvalue weighted by Gasteiger charge is -2.11. The molecular formula is C15H17Cl3N2O. The fourth-order valence-electron chi connectivity index (χ4n) is 2.01. The molecule has 2 N–H and O–H groups in total. The molecular weight excluding hydrogens is 331 g/mol. The topological polar surface area (TPSA) is 41.1 Å². The zero-order valence-electron chi connectivity index (χ0n) is 11.6. The summed E-state index contributed by atoms with van der Waals surface area (Å²) in [6, 6.07) is 5.03. The summed E-state index contributed by atoms with van der Waals surface area (Å²) in [5.41, 5.74) is 0.781. The number of amides is 1. The van der Waals surface area contributed by atoms with Crippen molar-refractivity contribution in [2.75, 3.05) is 13.1 Å². The van der Waals surface area contributed by atoms with Crippen molar-refractivity contribution in [1.82, 2.24) is 10.6 Å². The average molecular weight is 348 g/mol. The number of carbonyl (C=O) groups is 1. The molecule has 6 heteroatoms. The van der Waals surface area contributed by atoms with E-state index in [4.69, 9.17) is 23.2 Å². The van der Waals surface area contributed by atoms with Crippen molar-refractivity contribution < 1.29 is 4.79 Å². The first-order chi connectivity index (χ1) is 9.56. The van der Waals surface area contributed by atoms with E-state index in [2.05, 4.69) is 22.5 Å². The van der Waals surface area contributed by atoms with Crippen LogP contribution in [-0.4, -0.2) is 25.0 Å². The van der Waals surface area contributed by atoms with Crippen LogP contribution in [0, 0.1) is 17.8 Å². The van der Waals surface area contributed by atoms with Gasteiger partial charge in [-0.05, 0) is 38.1 Å². The van der Waals surface area contributed by atoms with Crippen LogP contribution in [0.25, 0.3) is 0 Å². The first-order valence-electron chi connectivity index (χ1n) is 6.54. The smallest absolute Gasteiger partial charge is 0.225 e. The SMILES string of the molecule is CC(C#Cc1ccc(Cl)c(Cl)c1)NC(=O)C1CCNC1.Cl. The molecule has 1 aliphatic heterocycles. The first kappa shape index (κ1) is 18.1. The molecule has 1 fully saturated rings. The van der Waals surface area contributed by atoms with E-state index in [1.54, 1.807) is 18.2 Å². The Morgan fingerprint density at radius 3 is 2.81 bits per heavy atom. The van der Waals surface area contributed by atoms with Gasteiger partial charge in [-0.1, -0.05) is 35.0 Å². The summed E-state index contributed by atoms with van der Waals surface area (Å²) in [4.78, 5) is 11.9. The minimum Gasteiger partial charge on any atom is -0.342 e. The highest BCUT2D eigenvalue weighted by Gasteiger charge is 2.22. The quantitative estimate of drug-likeness (QED) is 0.808. The summed E-state index contributed by atoms with van der Waals surface area (Å²) in [5, 5.41) is 7.06. The fourth-order valence-corrected chi connectivity index (χ4v) is 2.31. The van der Waals surface area contributed by atoms with Crippen LogP contribution in [0.5, 0.6) is 0 Å². The van der Waals surface area contributed by atoms with E-state index >= 15 is 0 Å². The number of benzene rings is 1. The van der Waals surface area contributed by atoms with Crippen LogP contribution in [0.4, 0.5) is 0 Å². The number of nitrogens with one attached hydrogen (secondary N) is 2. The Bertz CT molecular complexity index is 560. The van der Waals surface area contributed by atoms with E-state index in [0.717, 1.165) is 25.1 Å². The number of hydrogen-bond acceptors (Lipinski definition) is 2. The Morgan fingerprint density at radius 1 is 1.43 bits per heavy atom. The van der Waals surface area contributed by atoms with Crippen LogP contribution in [-0.2, 0) is 4.79 Å². The normalized spacial score (nSPS) is 18.1. The maximum Gasteiger partial charge on any atom is 0.225 e. The number of halogens is 3. The van der Waals surface area contributed by atoms with Crippen molar-refractivity contribution in [2.24, 2.45) is 5.92 Å². The zero-order chi connectivity index (χ0) is 14.5. The molecule has 1 aromatic carbocycles. The zero-order valence-corrected chi connectivity index (χ0v) is 13.9. The Labute approximate surface area is 141 Å². The highest BCUT2D eigenvalue weighted by Crippen LogP contribution is 2.22.